The van der Waals surface area contributed by atoms with Crippen molar-refractivity contribution in [2.75, 3.05) is 26.2 Å². The second-order valence-corrected chi connectivity index (χ2v) is 8.30. The lowest BCUT2D eigenvalue weighted by Gasteiger charge is -2.33. The van der Waals surface area contributed by atoms with E-state index in [2.05, 4.69) is 14.7 Å². The molecule has 12 heteroatoms. The minimum Gasteiger partial charge on any atom is -0.440 e. The van der Waals surface area contributed by atoms with Crippen LogP contribution in [-0.2, 0) is 16.1 Å². The van der Waals surface area contributed by atoms with Gasteiger partial charge in [-0.05, 0) is 37.5 Å². The van der Waals surface area contributed by atoms with Gasteiger partial charge >= 0.3 is 12.3 Å². The number of carbonyl (C=O) groups is 2. The standard InChI is InChI=1S/C21H24ClF3N4O4/c1-2-7-29(11-17-26-16-10-14(22)3-4-15(16)18(30)27-17)19(31)13-5-8-28(9-6-13)20(32)33-12-21(23,24)25/h3-4,10,13H,2,5-9,11-12H2,1H3,(H,26,27,30). The van der Waals surface area contributed by atoms with Crippen LogP contribution >= 0.6 is 11.6 Å². The highest BCUT2D eigenvalue weighted by molar-refractivity contribution is 6.31. The molecule has 33 heavy (non-hydrogen) atoms. The fourth-order valence-corrected chi connectivity index (χ4v) is 3.92. The van der Waals surface area contributed by atoms with Gasteiger partial charge in [-0.1, -0.05) is 18.5 Å². The Balaban J connectivity index is 1.65. The Morgan fingerprint density at radius 2 is 2.00 bits per heavy atom. The van der Waals surface area contributed by atoms with Gasteiger partial charge < -0.3 is 19.5 Å². The van der Waals surface area contributed by atoms with Crippen LogP contribution in [0, 0.1) is 5.92 Å². The summed E-state index contributed by atoms with van der Waals surface area (Å²) in [5.74, 6) is -0.233. The fourth-order valence-electron chi connectivity index (χ4n) is 3.76. The molecule has 1 aromatic carbocycles. The van der Waals surface area contributed by atoms with E-state index in [1.54, 1.807) is 23.1 Å². The summed E-state index contributed by atoms with van der Waals surface area (Å²) in [4.78, 5) is 47.2. The number of H-pyrrole nitrogens is 1. The van der Waals surface area contributed by atoms with E-state index in [1.807, 2.05) is 6.92 Å². The molecule has 1 aromatic heterocycles. The number of nitrogens with zero attached hydrogens (tertiary/aromatic N) is 3. The number of carbonyl (C=O) groups excluding carboxylic acids is 2. The molecule has 0 bridgehead atoms. The molecule has 180 valence electrons. The van der Waals surface area contributed by atoms with E-state index < -0.39 is 24.8 Å². The van der Waals surface area contributed by atoms with E-state index >= 15 is 0 Å². The molecule has 1 saturated heterocycles. The normalized spacial score (nSPS) is 15.0. The lowest BCUT2D eigenvalue weighted by molar-refractivity contribution is -0.162. The van der Waals surface area contributed by atoms with Crippen molar-refractivity contribution in [3.8, 4) is 0 Å². The summed E-state index contributed by atoms with van der Waals surface area (Å²) in [6.45, 7) is 1.04. The minimum atomic E-state index is -4.59. The zero-order valence-electron chi connectivity index (χ0n) is 18.0. The molecule has 2 amide bonds. The number of aromatic nitrogens is 2. The largest absolute Gasteiger partial charge is 0.440 e. The molecule has 1 fully saturated rings. The van der Waals surface area contributed by atoms with Crippen LogP contribution in [0.1, 0.15) is 32.0 Å². The Labute approximate surface area is 192 Å². The smallest absolute Gasteiger partial charge is 0.422 e. The number of aromatic amines is 1. The monoisotopic (exact) mass is 488 g/mol. The van der Waals surface area contributed by atoms with E-state index in [0.29, 0.717) is 47.6 Å². The number of hydrogen-bond donors (Lipinski definition) is 1. The molecule has 2 heterocycles. The van der Waals surface area contributed by atoms with Gasteiger partial charge in [-0.15, -0.1) is 0 Å². The summed E-state index contributed by atoms with van der Waals surface area (Å²) in [6.07, 6.45) is -4.35. The van der Waals surface area contributed by atoms with E-state index in [0.717, 1.165) is 0 Å². The first-order valence-electron chi connectivity index (χ1n) is 10.5. The van der Waals surface area contributed by atoms with Crippen molar-refractivity contribution in [2.24, 2.45) is 5.92 Å². The summed E-state index contributed by atoms with van der Waals surface area (Å²) in [7, 11) is 0. The van der Waals surface area contributed by atoms with E-state index in [1.165, 1.54) is 4.90 Å². The van der Waals surface area contributed by atoms with Crippen molar-refractivity contribution in [2.45, 2.75) is 38.9 Å². The van der Waals surface area contributed by atoms with Crippen LogP contribution in [0.5, 0.6) is 0 Å². The van der Waals surface area contributed by atoms with Gasteiger partial charge in [0, 0.05) is 30.6 Å². The Hall–Kier alpha value is -2.82. The molecular formula is C21H24ClF3N4O4. The van der Waals surface area contributed by atoms with Gasteiger partial charge in [-0.2, -0.15) is 13.2 Å². The molecule has 0 aliphatic carbocycles. The zero-order chi connectivity index (χ0) is 24.2. The molecule has 0 atom stereocenters. The predicted octanol–water partition coefficient (Wildman–Crippen LogP) is 3.73. The number of alkyl halides is 3. The van der Waals surface area contributed by atoms with E-state index in [-0.39, 0.29) is 31.1 Å². The minimum absolute atomic E-state index is 0.0954. The highest BCUT2D eigenvalue weighted by Crippen LogP contribution is 2.23. The summed E-state index contributed by atoms with van der Waals surface area (Å²) >= 11 is 6.00. The Morgan fingerprint density at radius 3 is 2.64 bits per heavy atom. The maximum atomic E-state index is 13.1. The molecule has 0 saturated carbocycles. The first-order valence-corrected chi connectivity index (χ1v) is 10.9. The quantitative estimate of drug-likeness (QED) is 0.668. The van der Waals surface area contributed by atoms with Crippen LogP contribution in [0.25, 0.3) is 10.9 Å². The van der Waals surface area contributed by atoms with Crippen molar-refractivity contribution >= 4 is 34.5 Å². The SMILES string of the molecule is CCCN(Cc1nc2cc(Cl)ccc2c(=O)[nH]1)C(=O)C1CCN(C(=O)OCC(F)(F)F)CC1. The third kappa shape index (κ3) is 6.59. The Kier molecular flexibility index (Phi) is 7.83. The predicted molar refractivity (Wildman–Crippen MR) is 115 cm³/mol. The number of fused-ring (bicyclic) bond motifs is 1. The molecule has 1 aliphatic heterocycles. The fraction of sp³-hybridized carbons (Fsp3) is 0.524. The van der Waals surface area contributed by atoms with Crippen molar-refractivity contribution in [1.82, 2.24) is 19.8 Å². The first kappa shape index (κ1) is 24.8. The molecule has 0 unspecified atom stereocenters. The van der Waals surface area contributed by atoms with Crippen molar-refractivity contribution in [3.05, 3.63) is 39.4 Å². The van der Waals surface area contributed by atoms with Crippen molar-refractivity contribution in [1.29, 1.82) is 0 Å². The van der Waals surface area contributed by atoms with Gasteiger partial charge in [-0.3, -0.25) is 9.59 Å². The van der Waals surface area contributed by atoms with Gasteiger partial charge in [0.1, 0.15) is 5.82 Å². The second kappa shape index (κ2) is 10.4. The molecule has 8 nitrogen and oxygen atoms in total. The van der Waals surface area contributed by atoms with Crippen LogP contribution < -0.4 is 5.56 Å². The average molecular weight is 489 g/mol. The second-order valence-electron chi connectivity index (χ2n) is 7.86. The number of halogens is 4. The number of hydrogen-bond acceptors (Lipinski definition) is 5. The topological polar surface area (TPSA) is 95.6 Å². The van der Waals surface area contributed by atoms with Crippen molar-refractivity contribution < 1.29 is 27.5 Å². The van der Waals surface area contributed by atoms with E-state index in [9.17, 15) is 27.6 Å². The Morgan fingerprint density at radius 1 is 1.30 bits per heavy atom. The lowest BCUT2D eigenvalue weighted by atomic mass is 9.95. The molecule has 0 spiro atoms. The molecule has 3 rings (SSSR count). The number of amides is 2. The van der Waals surface area contributed by atoms with Crippen LogP contribution in [-0.4, -0.2) is 64.2 Å². The molecular weight excluding hydrogens is 465 g/mol. The van der Waals surface area contributed by atoms with Gasteiger partial charge in [0.05, 0.1) is 17.4 Å². The third-order valence-electron chi connectivity index (χ3n) is 5.33. The van der Waals surface area contributed by atoms with Gasteiger partial charge in [0.25, 0.3) is 5.56 Å². The van der Waals surface area contributed by atoms with Crippen LogP contribution in [0.3, 0.4) is 0 Å². The summed E-state index contributed by atoms with van der Waals surface area (Å²) in [6, 6.07) is 4.75. The van der Waals surface area contributed by atoms with Crippen molar-refractivity contribution in [3.63, 3.8) is 0 Å². The Bertz CT molecular complexity index is 1070. The van der Waals surface area contributed by atoms with Crippen LogP contribution in [0.15, 0.2) is 23.0 Å². The number of ether oxygens (including phenoxy) is 1. The highest BCUT2D eigenvalue weighted by atomic mass is 35.5. The molecule has 1 aliphatic rings. The molecule has 2 aromatic rings. The maximum Gasteiger partial charge on any atom is 0.422 e. The summed E-state index contributed by atoms with van der Waals surface area (Å²) in [5.41, 5.74) is 0.0945. The highest BCUT2D eigenvalue weighted by Gasteiger charge is 2.34. The van der Waals surface area contributed by atoms with Gasteiger partial charge in [0.15, 0.2) is 6.61 Å². The van der Waals surface area contributed by atoms with Crippen LogP contribution in [0.2, 0.25) is 5.02 Å². The summed E-state index contributed by atoms with van der Waals surface area (Å²) in [5, 5.41) is 0.829. The number of rotatable bonds is 6. The van der Waals surface area contributed by atoms with Gasteiger partial charge in [0.2, 0.25) is 5.91 Å². The number of nitrogens with one attached hydrogen (secondary N) is 1. The lowest BCUT2D eigenvalue weighted by Crippen LogP contribution is -2.45. The number of piperidine rings is 1. The van der Waals surface area contributed by atoms with Gasteiger partial charge in [-0.25, -0.2) is 9.78 Å². The third-order valence-corrected chi connectivity index (χ3v) is 5.56. The van der Waals surface area contributed by atoms with Crippen LogP contribution in [0.4, 0.5) is 18.0 Å². The molecule has 1 N–H and O–H groups in total. The molecule has 0 radical (unpaired) electrons. The maximum absolute atomic E-state index is 13.1. The van der Waals surface area contributed by atoms with E-state index in [4.69, 9.17) is 11.6 Å². The first-order chi connectivity index (χ1) is 15.6. The average Bonchev–Trinajstić information content (AvgIpc) is 2.76. The number of benzene rings is 1. The summed E-state index contributed by atoms with van der Waals surface area (Å²) < 4.78 is 41.0. The number of likely N-dealkylation sites (tertiary alicyclic amines) is 1. The zero-order valence-corrected chi connectivity index (χ0v) is 18.7.